The molecule has 0 aliphatic heterocycles. The standard InChI is InChI=1S/C14H20N2O2/c1-4-15-14(18)9-16-13(17)8-12-6-5-10(2)11(3)7-12/h5-7H,4,8-9H2,1-3H3,(H,15,18)(H,16,17). The Hall–Kier alpha value is -1.84. The summed E-state index contributed by atoms with van der Waals surface area (Å²) in [5.74, 6) is -0.296. The molecule has 0 heterocycles. The summed E-state index contributed by atoms with van der Waals surface area (Å²) >= 11 is 0. The molecule has 0 bridgehead atoms. The number of hydrogen-bond acceptors (Lipinski definition) is 2. The first-order chi connectivity index (χ1) is 8.52. The molecule has 2 N–H and O–H groups in total. The first-order valence-corrected chi connectivity index (χ1v) is 6.12. The van der Waals surface area contributed by atoms with Gasteiger partial charge in [0.15, 0.2) is 0 Å². The van der Waals surface area contributed by atoms with Crippen molar-refractivity contribution in [2.75, 3.05) is 13.1 Å². The molecule has 18 heavy (non-hydrogen) atoms. The fourth-order valence-electron chi connectivity index (χ4n) is 1.60. The van der Waals surface area contributed by atoms with Crippen LogP contribution in [0.3, 0.4) is 0 Å². The lowest BCUT2D eigenvalue weighted by molar-refractivity contribution is -0.125. The number of likely N-dealkylation sites (N-methyl/N-ethyl adjacent to an activating group) is 1. The minimum Gasteiger partial charge on any atom is -0.355 e. The zero-order valence-electron chi connectivity index (χ0n) is 11.2. The highest BCUT2D eigenvalue weighted by Crippen LogP contribution is 2.10. The van der Waals surface area contributed by atoms with E-state index in [-0.39, 0.29) is 18.4 Å². The number of rotatable bonds is 5. The Morgan fingerprint density at radius 1 is 1.06 bits per heavy atom. The Kier molecular flexibility index (Phi) is 5.36. The van der Waals surface area contributed by atoms with Gasteiger partial charge in [-0.3, -0.25) is 9.59 Å². The number of amides is 2. The lowest BCUT2D eigenvalue weighted by atomic mass is 10.0. The van der Waals surface area contributed by atoms with E-state index in [4.69, 9.17) is 0 Å². The Balaban J connectivity index is 2.44. The van der Waals surface area contributed by atoms with Gasteiger partial charge in [0.1, 0.15) is 0 Å². The maximum absolute atomic E-state index is 11.6. The van der Waals surface area contributed by atoms with E-state index in [9.17, 15) is 9.59 Å². The van der Waals surface area contributed by atoms with E-state index in [0.29, 0.717) is 13.0 Å². The molecule has 0 fully saturated rings. The largest absolute Gasteiger partial charge is 0.355 e. The molecule has 0 unspecified atom stereocenters. The number of hydrogen-bond donors (Lipinski definition) is 2. The van der Waals surface area contributed by atoms with Gasteiger partial charge in [0.2, 0.25) is 11.8 Å². The maximum Gasteiger partial charge on any atom is 0.239 e. The van der Waals surface area contributed by atoms with Crippen LogP contribution < -0.4 is 10.6 Å². The summed E-state index contributed by atoms with van der Waals surface area (Å²) < 4.78 is 0. The lowest BCUT2D eigenvalue weighted by Gasteiger charge is -2.07. The summed E-state index contributed by atoms with van der Waals surface area (Å²) in [6.45, 7) is 6.51. The normalized spacial score (nSPS) is 9.94. The molecule has 0 saturated heterocycles. The molecule has 0 aromatic heterocycles. The maximum atomic E-state index is 11.6. The monoisotopic (exact) mass is 248 g/mol. The van der Waals surface area contributed by atoms with E-state index in [0.717, 1.165) is 5.56 Å². The number of carbonyl (C=O) groups excluding carboxylic acids is 2. The summed E-state index contributed by atoms with van der Waals surface area (Å²) in [5.41, 5.74) is 3.34. The van der Waals surface area contributed by atoms with Crippen LogP contribution in [0, 0.1) is 13.8 Å². The number of nitrogens with one attached hydrogen (secondary N) is 2. The molecule has 0 radical (unpaired) electrons. The van der Waals surface area contributed by atoms with Gasteiger partial charge in [0.05, 0.1) is 13.0 Å². The molecule has 0 aliphatic rings. The van der Waals surface area contributed by atoms with Crippen LogP contribution in [0.4, 0.5) is 0 Å². The number of carbonyl (C=O) groups is 2. The van der Waals surface area contributed by atoms with Crippen LogP contribution in [0.15, 0.2) is 18.2 Å². The van der Waals surface area contributed by atoms with Crippen LogP contribution in [0.25, 0.3) is 0 Å². The molecule has 98 valence electrons. The molecular formula is C14H20N2O2. The van der Waals surface area contributed by atoms with Gasteiger partial charge >= 0.3 is 0 Å². The lowest BCUT2D eigenvalue weighted by Crippen LogP contribution is -2.37. The molecule has 0 atom stereocenters. The van der Waals surface area contributed by atoms with Gasteiger partial charge in [-0.2, -0.15) is 0 Å². The molecule has 1 aromatic rings. The van der Waals surface area contributed by atoms with Crippen molar-refractivity contribution in [1.29, 1.82) is 0 Å². The fraction of sp³-hybridized carbons (Fsp3) is 0.429. The van der Waals surface area contributed by atoms with Crippen molar-refractivity contribution in [2.45, 2.75) is 27.2 Å². The van der Waals surface area contributed by atoms with E-state index in [1.165, 1.54) is 11.1 Å². The Morgan fingerprint density at radius 3 is 2.39 bits per heavy atom. The average molecular weight is 248 g/mol. The first kappa shape index (κ1) is 14.2. The van der Waals surface area contributed by atoms with Crippen LogP contribution in [0.1, 0.15) is 23.6 Å². The smallest absolute Gasteiger partial charge is 0.239 e. The van der Waals surface area contributed by atoms with Gasteiger partial charge in [-0.05, 0) is 37.5 Å². The van der Waals surface area contributed by atoms with Gasteiger partial charge in [-0.1, -0.05) is 18.2 Å². The average Bonchev–Trinajstić information content (AvgIpc) is 2.32. The van der Waals surface area contributed by atoms with Crippen molar-refractivity contribution in [3.8, 4) is 0 Å². The highest BCUT2D eigenvalue weighted by molar-refractivity contribution is 5.85. The third-order valence-electron chi connectivity index (χ3n) is 2.76. The molecular weight excluding hydrogens is 228 g/mol. The summed E-state index contributed by atoms with van der Waals surface area (Å²) in [6.07, 6.45) is 0.306. The van der Waals surface area contributed by atoms with Gasteiger partial charge in [-0.25, -0.2) is 0 Å². The second-order valence-corrected chi connectivity index (χ2v) is 4.33. The van der Waals surface area contributed by atoms with Crippen molar-refractivity contribution in [3.63, 3.8) is 0 Å². The predicted molar refractivity (Wildman–Crippen MR) is 71.3 cm³/mol. The van der Waals surface area contributed by atoms with Gasteiger partial charge in [-0.15, -0.1) is 0 Å². The molecule has 4 heteroatoms. The molecule has 0 aliphatic carbocycles. The second kappa shape index (κ2) is 6.79. The SMILES string of the molecule is CCNC(=O)CNC(=O)Cc1ccc(C)c(C)c1. The first-order valence-electron chi connectivity index (χ1n) is 6.12. The highest BCUT2D eigenvalue weighted by Gasteiger charge is 2.06. The summed E-state index contributed by atoms with van der Waals surface area (Å²) in [7, 11) is 0. The van der Waals surface area contributed by atoms with E-state index < -0.39 is 0 Å². The number of aryl methyl sites for hydroxylation is 2. The molecule has 0 spiro atoms. The minimum absolute atomic E-state index is 0.0392. The summed E-state index contributed by atoms with van der Waals surface area (Å²) in [4.78, 5) is 22.8. The Labute approximate surface area is 108 Å². The quantitative estimate of drug-likeness (QED) is 0.819. The topological polar surface area (TPSA) is 58.2 Å². The van der Waals surface area contributed by atoms with Crippen molar-refractivity contribution in [2.24, 2.45) is 0 Å². The summed E-state index contributed by atoms with van der Waals surface area (Å²) in [5, 5.41) is 5.23. The second-order valence-electron chi connectivity index (χ2n) is 4.33. The van der Waals surface area contributed by atoms with Crippen molar-refractivity contribution >= 4 is 11.8 Å². The van der Waals surface area contributed by atoms with Crippen LogP contribution in [-0.4, -0.2) is 24.9 Å². The van der Waals surface area contributed by atoms with Crippen molar-refractivity contribution in [1.82, 2.24) is 10.6 Å². The van der Waals surface area contributed by atoms with Crippen LogP contribution >= 0.6 is 0 Å². The van der Waals surface area contributed by atoms with Crippen molar-refractivity contribution < 1.29 is 9.59 Å². The highest BCUT2D eigenvalue weighted by atomic mass is 16.2. The van der Waals surface area contributed by atoms with Crippen LogP contribution in [-0.2, 0) is 16.0 Å². The van der Waals surface area contributed by atoms with E-state index in [1.807, 2.05) is 39.0 Å². The molecule has 1 rings (SSSR count). The zero-order valence-corrected chi connectivity index (χ0v) is 11.2. The van der Waals surface area contributed by atoms with E-state index >= 15 is 0 Å². The van der Waals surface area contributed by atoms with E-state index in [1.54, 1.807) is 0 Å². The van der Waals surface area contributed by atoms with Gasteiger partial charge in [0, 0.05) is 6.54 Å². The van der Waals surface area contributed by atoms with Crippen LogP contribution in [0.5, 0.6) is 0 Å². The zero-order chi connectivity index (χ0) is 13.5. The van der Waals surface area contributed by atoms with E-state index in [2.05, 4.69) is 10.6 Å². The minimum atomic E-state index is -0.161. The Morgan fingerprint density at radius 2 is 1.78 bits per heavy atom. The molecule has 2 amide bonds. The van der Waals surface area contributed by atoms with Crippen molar-refractivity contribution in [3.05, 3.63) is 34.9 Å². The predicted octanol–water partition coefficient (Wildman–Crippen LogP) is 1.10. The third kappa shape index (κ3) is 4.57. The van der Waals surface area contributed by atoms with Crippen LogP contribution in [0.2, 0.25) is 0 Å². The molecule has 1 aromatic carbocycles. The number of benzene rings is 1. The summed E-state index contributed by atoms with van der Waals surface area (Å²) in [6, 6.07) is 5.94. The fourth-order valence-corrected chi connectivity index (χ4v) is 1.60. The molecule has 0 saturated carbocycles. The van der Waals surface area contributed by atoms with Gasteiger partial charge in [0.25, 0.3) is 0 Å². The van der Waals surface area contributed by atoms with Gasteiger partial charge < -0.3 is 10.6 Å². The third-order valence-corrected chi connectivity index (χ3v) is 2.76. The molecule has 4 nitrogen and oxygen atoms in total. The Bertz CT molecular complexity index is 441.